The van der Waals surface area contributed by atoms with E-state index in [9.17, 15) is 0 Å². The van der Waals surface area contributed by atoms with Crippen molar-refractivity contribution in [3.8, 4) is 0 Å². The number of rotatable bonds is 4. The third kappa shape index (κ3) is 2.39. The number of nitrogen functional groups attached to an aromatic ring is 1. The van der Waals surface area contributed by atoms with Crippen LogP contribution in [-0.4, -0.2) is 31.1 Å². The van der Waals surface area contributed by atoms with Crippen molar-refractivity contribution in [3.63, 3.8) is 0 Å². The molecule has 0 aliphatic carbocycles. The quantitative estimate of drug-likeness (QED) is 0.707. The normalized spacial score (nSPS) is 16.3. The van der Waals surface area contributed by atoms with Crippen LogP contribution in [-0.2, 0) is 0 Å². The van der Waals surface area contributed by atoms with E-state index in [4.69, 9.17) is 5.73 Å². The Bertz CT molecular complexity index is 294. The van der Waals surface area contributed by atoms with Crippen LogP contribution in [0.4, 0.5) is 11.4 Å². The molecule has 0 bridgehead atoms. The van der Waals surface area contributed by atoms with Gasteiger partial charge in [0, 0.05) is 24.5 Å². The molecule has 1 aliphatic rings. The van der Waals surface area contributed by atoms with Crippen LogP contribution in [0.1, 0.15) is 6.42 Å². The predicted octanol–water partition coefficient (Wildman–Crippen LogP) is 1.39. The van der Waals surface area contributed by atoms with Crippen molar-refractivity contribution >= 4 is 11.4 Å². The summed E-state index contributed by atoms with van der Waals surface area (Å²) in [5, 5.41) is 3.36. The van der Waals surface area contributed by atoms with Crippen LogP contribution in [0.2, 0.25) is 0 Å². The Kier molecular flexibility index (Phi) is 2.89. The van der Waals surface area contributed by atoms with Gasteiger partial charge in [-0.25, -0.2) is 0 Å². The fourth-order valence-electron chi connectivity index (χ4n) is 1.61. The number of anilines is 2. The molecule has 3 heteroatoms. The fraction of sp³-hybridized carbons (Fsp3) is 0.455. The molecule has 0 aromatic heterocycles. The number of nitrogens with one attached hydrogen (secondary N) is 1. The zero-order valence-corrected chi connectivity index (χ0v) is 8.37. The summed E-state index contributed by atoms with van der Waals surface area (Å²) in [6, 6.07) is 7.89. The number of hydrogen-bond donors (Lipinski definition) is 2. The second-order valence-electron chi connectivity index (χ2n) is 3.75. The molecular formula is C11H17N3. The van der Waals surface area contributed by atoms with E-state index in [1.165, 1.54) is 19.5 Å². The molecule has 1 saturated heterocycles. The van der Waals surface area contributed by atoms with Gasteiger partial charge in [-0.15, -0.1) is 0 Å². The second kappa shape index (κ2) is 4.33. The molecule has 1 aliphatic heterocycles. The zero-order chi connectivity index (χ0) is 9.80. The van der Waals surface area contributed by atoms with Gasteiger partial charge in [-0.05, 0) is 37.7 Å². The van der Waals surface area contributed by atoms with E-state index in [0.29, 0.717) is 0 Å². The van der Waals surface area contributed by atoms with Crippen LogP contribution in [0.3, 0.4) is 0 Å². The first-order chi connectivity index (χ1) is 6.84. The average Bonchev–Trinajstić information content (AvgIpc) is 2.09. The number of nitrogens with two attached hydrogens (primary N) is 1. The highest BCUT2D eigenvalue weighted by atomic mass is 15.2. The minimum absolute atomic E-state index is 0.818. The molecule has 3 nitrogen and oxygen atoms in total. The van der Waals surface area contributed by atoms with Gasteiger partial charge in [-0.3, -0.25) is 0 Å². The van der Waals surface area contributed by atoms with E-state index in [1.807, 2.05) is 24.3 Å². The Morgan fingerprint density at radius 3 is 2.86 bits per heavy atom. The zero-order valence-electron chi connectivity index (χ0n) is 8.37. The average molecular weight is 191 g/mol. The Morgan fingerprint density at radius 1 is 1.36 bits per heavy atom. The SMILES string of the molecule is Nc1cccc(NCCN2CCC2)c1. The van der Waals surface area contributed by atoms with Crippen molar-refractivity contribution in [2.45, 2.75) is 6.42 Å². The van der Waals surface area contributed by atoms with E-state index >= 15 is 0 Å². The number of benzene rings is 1. The lowest BCUT2D eigenvalue weighted by atomic mass is 10.2. The summed E-state index contributed by atoms with van der Waals surface area (Å²) in [6.07, 6.45) is 1.36. The largest absolute Gasteiger partial charge is 0.399 e. The topological polar surface area (TPSA) is 41.3 Å². The van der Waals surface area contributed by atoms with Gasteiger partial charge < -0.3 is 16.0 Å². The minimum Gasteiger partial charge on any atom is -0.399 e. The Balaban J connectivity index is 1.74. The first-order valence-corrected chi connectivity index (χ1v) is 5.16. The molecule has 14 heavy (non-hydrogen) atoms. The summed E-state index contributed by atoms with van der Waals surface area (Å²) in [4.78, 5) is 2.44. The minimum atomic E-state index is 0.818. The molecule has 1 heterocycles. The number of hydrogen-bond acceptors (Lipinski definition) is 3. The Morgan fingerprint density at radius 2 is 2.21 bits per heavy atom. The third-order valence-corrected chi connectivity index (χ3v) is 2.59. The highest BCUT2D eigenvalue weighted by Crippen LogP contribution is 2.11. The molecule has 1 fully saturated rings. The maximum atomic E-state index is 5.68. The molecular weight excluding hydrogens is 174 g/mol. The second-order valence-corrected chi connectivity index (χ2v) is 3.75. The summed E-state index contributed by atoms with van der Waals surface area (Å²) >= 11 is 0. The smallest absolute Gasteiger partial charge is 0.0361 e. The van der Waals surface area contributed by atoms with Gasteiger partial charge in [0.2, 0.25) is 0 Å². The van der Waals surface area contributed by atoms with Crippen LogP contribution in [0, 0.1) is 0 Å². The van der Waals surface area contributed by atoms with Gasteiger partial charge in [-0.2, -0.15) is 0 Å². The lowest BCUT2D eigenvalue weighted by Gasteiger charge is -2.30. The summed E-state index contributed by atoms with van der Waals surface area (Å²) in [5.74, 6) is 0. The monoisotopic (exact) mass is 191 g/mol. The molecule has 2 rings (SSSR count). The summed E-state index contributed by atoms with van der Waals surface area (Å²) in [6.45, 7) is 4.66. The molecule has 0 radical (unpaired) electrons. The first kappa shape index (κ1) is 9.34. The van der Waals surface area contributed by atoms with Crippen LogP contribution >= 0.6 is 0 Å². The molecule has 3 N–H and O–H groups in total. The van der Waals surface area contributed by atoms with Gasteiger partial charge in [0.15, 0.2) is 0 Å². The standard InChI is InChI=1S/C11H17N3/c12-10-3-1-4-11(9-10)13-5-8-14-6-2-7-14/h1,3-4,9,13H,2,5-8,12H2. The van der Waals surface area contributed by atoms with Crippen LogP contribution in [0.15, 0.2) is 24.3 Å². The van der Waals surface area contributed by atoms with Crippen molar-refractivity contribution < 1.29 is 0 Å². The van der Waals surface area contributed by atoms with E-state index in [2.05, 4.69) is 10.2 Å². The third-order valence-electron chi connectivity index (χ3n) is 2.59. The van der Waals surface area contributed by atoms with Gasteiger partial charge in [0.05, 0.1) is 0 Å². The Hall–Kier alpha value is -1.22. The molecule has 0 unspecified atom stereocenters. The van der Waals surface area contributed by atoms with Crippen molar-refractivity contribution in [2.75, 3.05) is 37.2 Å². The molecule has 0 atom stereocenters. The molecule has 0 amide bonds. The van der Waals surface area contributed by atoms with Gasteiger partial charge >= 0.3 is 0 Å². The van der Waals surface area contributed by atoms with E-state index in [1.54, 1.807) is 0 Å². The van der Waals surface area contributed by atoms with Crippen molar-refractivity contribution in [2.24, 2.45) is 0 Å². The van der Waals surface area contributed by atoms with Gasteiger partial charge in [-0.1, -0.05) is 6.07 Å². The summed E-state index contributed by atoms with van der Waals surface area (Å²) in [7, 11) is 0. The summed E-state index contributed by atoms with van der Waals surface area (Å²) < 4.78 is 0. The predicted molar refractivity (Wildman–Crippen MR) is 60.4 cm³/mol. The van der Waals surface area contributed by atoms with Gasteiger partial charge in [0.1, 0.15) is 0 Å². The summed E-state index contributed by atoms with van der Waals surface area (Å²) in [5.41, 5.74) is 7.61. The van der Waals surface area contributed by atoms with Crippen molar-refractivity contribution in [1.82, 2.24) is 4.90 Å². The maximum absolute atomic E-state index is 5.68. The first-order valence-electron chi connectivity index (χ1n) is 5.16. The molecule has 0 spiro atoms. The van der Waals surface area contributed by atoms with Crippen LogP contribution in [0.25, 0.3) is 0 Å². The van der Waals surface area contributed by atoms with Gasteiger partial charge in [0.25, 0.3) is 0 Å². The molecule has 1 aromatic rings. The van der Waals surface area contributed by atoms with Crippen molar-refractivity contribution in [1.29, 1.82) is 0 Å². The highest BCUT2D eigenvalue weighted by Gasteiger charge is 2.11. The van der Waals surface area contributed by atoms with Crippen LogP contribution < -0.4 is 11.1 Å². The van der Waals surface area contributed by atoms with E-state index in [-0.39, 0.29) is 0 Å². The lowest BCUT2D eigenvalue weighted by Crippen LogP contribution is -2.40. The van der Waals surface area contributed by atoms with Crippen molar-refractivity contribution in [3.05, 3.63) is 24.3 Å². The lowest BCUT2D eigenvalue weighted by molar-refractivity contribution is 0.189. The number of nitrogens with zero attached hydrogens (tertiary/aromatic N) is 1. The van der Waals surface area contributed by atoms with E-state index in [0.717, 1.165) is 24.5 Å². The maximum Gasteiger partial charge on any atom is 0.0361 e. The van der Waals surface area contributed by atoms with Crippen LogP contribution in [0.5, 0.6) is 0 Å². The molecule has 76 valence electrons. The molecule has 1 aromatic carbocycles. The Labute approximate surface area is 84.9 Å². The number of likely N-dealkylation sites (tertiary alicyclic amines) is 1. The molecule has 0 saturated carbocycles. The fourth-order valence-corrected chi connectivity index (χ4v) is 1.61. The highest BCUT2D eigenvalue weighted by molar-refractivity contribution is 5.53. The van der Waals surface area contributed by atoms with E-state index < -0.39 is 0 Å².